The highest BCUT2D eigenvalue weighted by Gasteiger charge is 2.33. The van der Waals surface area contributed by atoms with Crippen LogP contribution >= 0.6 is 0 Å². The number of nitro groups is 1. The average molecular weight is 542 g/mol. The molecular weight excluding hydrogens is 514 g/mol. The normalized spacial score (nSPS) is 12.6. The number of fused-ring (bicyclic) bond motifs is 1. The van der Waals surface area contributed by atoms with Gasteiger partial charge < -0.3 is 20.5 Å². The van der Waals surface area contributed by atoms with Gasteiger partial charge in [-0.05, 0) is 24.1 Å². The molecule has 3 aromatic carbocycles. The number of hydrogen-bond acceptors (Lipinski definition) is 9. The molecule has 0 saturated heterocycles. The highest BCUT2D eigenvalue weighted by Crippen LogP contribution is 2.35. The molecule has 2 heterocycles. The summed E-state index contributed by atoms with van der Waals surface area (Å²) < 4.78 is 10.8. The molecular formula is C28H27N7O5. The molecule has 1 aliphatic heterocycles. The number of non-ortho nitro benzene ring substituents is 1. The first-order chi connectivity index (χ1) is 19.4. The minimum absolute atomic E-state index is 0.00457. The lowest BCUT2D eigenvalue weighted by Gasteiger charge is -2.36. The number of nitrogen functional groups attached to an aromatic ring is 1. The zero-order chi connectivity index (χ0) is 28.2. The number of amides is 2. The molecule has 12 nitrogen and oxygen atoms in total. The molecule has 1 aromatic heterocycles. The predicted octanol–water partition coefficient (Wildman–Crippen LogP) is 4.92. The van der Waals surface area contributed by atoms with E-state index in [4.69, 9.17) is 15.2 Å². The van der Waals surface area contributed by atoms with Crippen LogP contribution in [-0.4, -0.2) is 41.7 Å². The summed E-state index contributed by atoms with van der Waals surface area (Å²) in [6, 6.07) is 18.5. The molecule has 0 spiro atoms. The molecule has 0 aliphatic carbocycles. The third kappa shape index (κ3) is 5.41. The highest BCUT2D eigenvalue weighted by molar-refractivity contribution is 6.05. The Morgan fingerprint density at radius 1 is 1.05 bits per heavy atom. The molecule has 0 saturated carbocycles. The van der Waals surface area contributed by atoms with E-state index in [1.54, 1.807) is 66.6 Å². The molecule has 3 N–H and O–H groups in total. The van der Waals surface area contributed by atoms with Crippen LogP contribution in [0.3, 0.4) is 0 Å². The third-order valence-electron chi connectivity index (χ3n) is 6.51. The molecule has 0 atom stereocenters. The van der Waals surface area contributed by atoms with Gasteiger partial charge in [0.05, 0.1) is 42.7 Å². The molecule has 0 bridgehead atoms. The number of methoxy groups -OCH3 is 2. The van der Waals surface area contributed by atoms with Crippen molar-refractivity contribution >= 4 is 40.5 Å². The fourth-order valence-corrected chi connectivity index (χ4v) is 4.39. The molecule has 1 aliphatic rings. The summed E-state index contributed by atoms with van der Waals surface area (Å²) in [7, 11) is 3.09. The number of nitrogens with one attached hydrogen (secondary N) is 1. The molecule has 2 amide bonds. The average Bonchev–Trinajstić information content (AvgIpc) is 2.97. The summed E-state index contributed by atoms with van der Waals surface area (Å²) in [5.41, 5.74) is 9.42. The van der Waals surface area contributed by atoms with Crippen LogP contribution in [-0.2, 0) is 13.0 Å². The number of nitrogens with zero attached hydrogens (tertiary/aromatic N) is 5. The van der Waals surface area contributed by atoms with Gasteiger partial charge in [-0.15, -0.1) is 0 Å². The van der Waals surface area contributed by atoms with Gasteiger partial charge in [-0.25, -0.2) is 9.78 Å². The Hall–Kier alpha value is -5.39. The second kappa shape index (κ2) is 11.2. The van der Waals surface area contributed by atoms with Crippen molar-refractivity contribution in [1.82, 2.24) is 9.97 Å². The Morgan fingerprint density at radius 2 is 1.75 bits per heavy atom. The lowest BCUT2D eigenvalue weighted by Crippen LogP contribution is -2.48. The van der Waals surface area contributed by atoms with Crippen LogP contribution in [0.4, 0.5) is 39.3 Å². The number of aromatic nitrogens is 2. The van der Waals surface area contributed by atoms with Crippen LogP contribution in [0.25, 0.3) is 0 Å². The first-order valence-corrected chi connectivity index (χ1v) is 12.4. The standard InChI is InChI=1S/C28H27N7O5/c1-39-22-13-21(14-23(15-22)40-2)34-17-19-16-30-27(31-25-6-4-3-5-24(25)29)32-26(19)33(28(34)36)12-11-18-7-9-20(10-8-18)35(37)38/h3-10,13-16H,11-12,17,29H2,1-2H3,(H,30,31,32). The van der Waals surface area contributed by atoms with Gasteiger partial charge in [0.2, 0.25) is 5.95 Å². The molecule has 4 aromatic rings. The lowest BCUT2D eigenvalue weighted by atomic mass is 10.1. The molecule has 12 heteroatoms. The van der Waals surface area contributed by atoms with Gasteiger partial charge in [-0.1, -0.05) is 24.3 Å². The van der Waals surface area contributed by atoms with Crippen LogP contribution in [0.5, 0.6) is 11.5 Å². The molecule has 40 heavy (non-hydrogen) atoms. The molecule has 0 fully saturated rings. The highest BCUT2D eigenvalue weighted by atomic mass is 16.6. The first-order valence-electron chi connectivity index (χ1n) is 12.4. The van der Waals surface area contributed by atoms with Crippen LogP contribution < -0.4 is 30.3 Å². The number of rotatable bonds is 9. The summed E-state index contributed by atoms with van der Waals surface area (Å²) >= 11 is 0. The molecule has 5 rings (SSSR count). The van der Waals surface area contributed by atoms with Gasteiger partial charge in [0, 0.05) is 48.6 Å². The van der Waals surface area contributed by atoms with Crippen LogP contribution in [0, 0.1) is 10.1 Å². The number of nitrogens with two attached hydrogens (primary N) is 1. The smallest absolute Gasteiger partial charge is 0.330 e. The maximum Gasteiger partial charge on any atom is 0.330 e. The fourth-order valence-electron chi connectivity index (χ4n) is 4.39. The van der Waals surface area contributed by atoms with Gasteiger partial charge in [0.15, 0.2) is 0 Å². The van der Waals surface area contributed by atoms with Gasteiger partial charge in [-0.3, -0.25) is 19.9 Å². The van der Waals surface area contributed by atoms with E-state index in [-0.39, 0.29) is 24.8 Å². The first kappa shape index (κ1) is 26.2. The van der Waals surface area contributed by atoms with E-state index in [2.05, 4.69) is 15.3 Å². The van der Waals surface area contributed by atoms with Gasteiger partial charge >= 0.3 is 6.03 Å². The van der Waals surface area contributed by atoms with Crippen molar-refractivity contribution in [3.05, 3.63) is 94.2 Å². The van der Waals surface area contributed by atoms with Crippen molar-refractivity contribution in [3.63, 3.8) is 0 Å². The Morgan fingerprint density at radius 3 is 2.40 bits per heavy atom. The number of benzene rings is 3. The number of carbonyl (C=O) groups is 1. The van der Waals surface area contributed by atoms with Gasteiger partial charge in [-0.2, -0.15) is 4.98 Å². The Bertz CT molecular complexity index is 1540. The largest absolute Gasteiger partial charge is 0.497 e. The predicted molar refractivity (Wildman–Crippen MR) is 151 cm³/mol. The summed E-state index contributed by atoms with van der Waals surface area (Å²) in [5, 5.41) is 14.2. The van der Waals surface area contributed by atoms with Crippen LogP contribution in [0.2, 0.25) is 0 Å². The second-order valence-electron chi connectivity index (χ2n) is 9.02. The number of ether oxygens (including phenoxy) is 2. The Balaban J connectivity index is 1.50. The zero-order valence-electron chi connectivity index (χ0n) is 21.9. The van der Waals surface area contributed by atoms with Crippen molar-refractivity contribution in [2.24, 2.45) is 0 Å². The van der Waals surface area contributed by atoms with Crippen LogP contribution in [0.15, 0.2) is 72.9 Å². The Labute approximate surface area is 230 Å². The van der Waals surface area contributed by atoms with E-state index in [0.29, 0.717) is 46.7 Å². The van der Waals surface area contributed by atoms with E-state index < -0.39 is 4.92 Å². The Kier molecular flexibility index (Phi) is 7.31. The van der Waals surface area contributed by atoms with Gasteiger partial charge in [0.25, 0.3) is 5.69 Å². The number of carbonyl (C=O) groups excluding carboxylic acids is 1. The minimum Gasteiger partial charge on any atom is -0.497 e. The van der Waals surface area contributed by atoms with E-state index in [0.717, 1.165) is 11.1 Å². The molecule has 204 valence electrons. The van der Waals surface area contributed by atoms with Gasteiger partial charge in [0.1, 0.15) is 17.3 Å². The quantitative estimate of drug-likeness (QED) is 0.171. The fraction of sp³-hybridized carbons (Fsp3) is 0.179. The van der Waals surface area contributed by atoms with Crippen molar-refractivity contribution in [2.45, 2.75) is 13.0 Å². The third-order valence-corrected chi connectivity index (χ3v) is 6.51. The van der Waals surface area contributed by atoms with Crippen molar-refractivity contribution < 1.29 is 19.2 Å². The van der Waals surface area contributed by atoms with E-state index in [1.165, 1.54) is 12.1 Å². The lowest BCUT2D eigenvalue weighted by molar-refractivity contribution is -0.384. The van der Waals surface area contributed by atoms with E-state index >= 15 is 0 Å². The number of nitro benzene ring substituents is 1. The number of anilines is 5. The minimum atomic E-state index is -0.445. The zero-order valence-corrected chi connectivity index (χ0v) is 21.9. The summed E-state index contributed by atoms with van der Waals surface area (Å²) in [5.74, 6) is 1.84. The van der Waals surface area contributed by atoms with Crippen LogP contribution in [0.1, 0.15) is 11.1 Å². The summed E-state index contributed by atoms with van der Waals surface area (Å²) in [6.07, 6.45) is 2.12. The monoisotopic (exact) mass is 541 g/mol. The molecule has 0 radical (unpaired) electrons. The molecule has 0 unspecified atom stereocenters. The number of hydrogen-bond donors (Lipinski definition) is 2. The SMILES string of the molecule is COc1cc(OC)cc(N2Cc3cnc(Nc4ccccc4N)nc3N(CCc3ccc([N+](=O)[O-])cc3)C2=O)c1. The topological polar surface area (TPSA) is 149 Å². The van der Waals surface area contributed by atoms with Crippen molar-refractivity contribution in [3.8, 4) is 11.5 Å². The van der Waals surface area contributed by atoms with Crippen molar-refractivity contribution in [2.75, 3.05) is 41.6 Å². The van der Waals surface area contributed by atoms with E-state index in [9.17, 15) is 14.9 Å². The second-order valence-corrected chi connectivity index (χ2v) is 9.02. The summed E-state index contributed by atoms with van der Waals surface area (Å²) in [4.78, 5) is 36.9. The summed E-state index contributed by atoms with van der Waals surface area (Å²) in [6.45, 7) is 0.497. The van der Waals surface area contributed by atoms with E-state index in [1.807, 2.05) is 18.2 Å². The maximum atomic E-state index is 14.0. The van der Waals surface area contributed by atoms with Crippen molar-refractivity contribution in [1.29, 1.82) is 0 Å². The number of para-hydroxylation sites is 2. The number of urea groups is 1. The maximum absolute atomic E-state index is 14.0.